The maximum absolute atomic E-state index is 12.6. The number of aliphatic hydroxyl groups is 1. The van der Waals surface area contributed by atoms with Crippen LogP contribution in [0.1, 0.15) is 36.0 Å². The summed E-state index contributed by atoms with van der Waals surface area (Å²) in [5, 5.41) is 9.70. The first-order valence-electron chi connectivity index (χ1n) is 8.32. The molecule has 0 spiro atoms. The van der Waals surface area contributed by atoms with Gasteiger partial charge in [-0.1, -0.05) is 0 Å². The van der Waals surface area contributed by atoms with Crippen LogP contribution in [0, 0.1) is 0 Å². The highest BCUT2D eigenvalue weighted by molar-refractivity contribution is 6.01. The Bertz CT molecular complexity index is 541. The lowest BCUT2D eigenvalue weighted by atomic mass is 10.0. The topological polar surface area (TPSA) is 68.2 Å². The molecule has 1 aliphatic heterocycles. The second-order valence-corrected chi connectivity index (χ2v) is 6.03. The van der Waals surface area contributed by atoms with Crippen LogP contribution < -0.4 is 14.2 Å². The molecule has 1 atom stereocenters. The fourth-order valence-electron chi connectivity index (χ4n) is 3.10. The highest BCUT2D eigenvalue weighted by Gasteiger charge is 2.21. The molecule has 0 radical (unpaired) electrons. The summed E-state index contributed by atoms with van der Waals surface area (Å²) in [4.78, 5) is 14.9. The fraction of sp³-hybridized carbons (Fsp3) is 0.611. The lowest BCUT2D eigenvalue weighted by Crippen LogP contribution is -2.38. The van der Waals surface area contributed by atoms with Gasteiger partial charge in [0.1, 0.15) is 22.8 Å². The van der Waals surface area contributed by atoms with E-state index in [0.717, 1.165) is 32.4 Å². The third kappa shape index (κ3) is 5.76. The quantitative estimate of drug-likeness (QED) is 0.706. The highest BCUT2D eigenvalue weighted by atomic mass is 35.5. The average molecular weight is 374 g/mol. The number of hydrogen-bond donors (Lipinski definition) is 1. The molecule has 1 N–H and O–H groups in total. The van der Waals surface area contributed by atoms with Gasteiger partial charge in [0.25, 0.3) is 0 Å². The minimum absolute atomic E-state index is 0. The van der Waals surface area contributed by atoms with Gasteiger partial charge in [0.2, 0.25) is 0 Å². The van der Waals surface area contributed by atoms with E-state index in [1.165, 1.54) is 14.2 Å². The van der Waals surface area contributed by atoms with Gasteiger partial charge in [0.05, 0.1) is 27.4 Å². The molecule has 1 aromatic rings. The average Bonchev–Trinajstić information content (AvgIpc) is 2.60. The smallest absolute Gasteiger partial charge is 0.170 e. The molecule has 7 heteroatoms. The standard InChI is InChI=1S/C18H27NO5.ClH/c1-22-14-10-16(23-2)18(17(11-14)24-3)15(21)7-5-9-19-8-4-6-13(20)12-19;/h10-11,13,20H,4-9,12H2,1-3H3;1H. The van der Waals surface area contributed by atoms with Gasteiger partial charge < -0.3 is 24.2 Å². The lowest BCUT2D eigenvalue weighted by molar-refractivity contribution is 0.0692. The zero-order valence-electron chi connectivity index (χ0n) is 15.1. The largest absolute Gasteiger partial charge is 0.496 e. The summed E-state index contributed by atoms with van der Waals surface area (Å²) in [5.41, 5.74) is 0.458. The second-order valence-electron chi connectivity index (χ2n) is 6.03. The van der Waals surface area contributed by atoms with Crippen LogP contribution in [0.5, 0.6) is 17.2 Å². The number of β-amino-alcohol motifs (C(OH)–C–C–N with tert-alkyl or cyclic N) is 1. The molecule has 1 heterocycles. The summed E-state index contributed by atoms with van der Waals surface area (Å²) >= 11 is 0. The number of ketones is 1. The van der Waals surface area contributed by atoms with E-state index < -0.39 is 0 Å². The Kier molecular flexibility index (Phi) is 9.03. The Morgan fingerprint density at radius 1 is 1.20 bits per heavy atom. The zero-order chi connectivity index (χ0) is 17.5. The van der Waals surface area contributed by atoms with Crippen LogP contribution in [0.2, 0.25) is 0 Å². The third-order valence-electron chi connectivity index (χ3n) is 4.35. The molecular formula is C18H28ClNO5. The molecule has 6 nitrogen and oxygen atoms in total. The van der Waals surface area contributed by atoms with Crippen molar-refractivity contribution in [2.24, 2.45) is 0 Å². The monoisotopic (exact) mass is 373 g/mol. The minimum atomic E-state index is -0.240. The number of halogens is 1. The number of piperidine rings is 1. The maximum atomic E-state index is 12.6. The van der Waals surface area contributed by atoms with Crippen LogP contribution in [0.4, 0.5) is 0 Å². The number of carbonyl (C=O) groups excluding carboxylic acids is 1. The molecule has 1 unspecified atom stereocenters. The van der Waals surface area contributed by atoms with Crippen molar-refractivity contribution in [2.75, 3.05) is 41.0 Å². The number of aliphatic hydroxyl groups excluding tert-OH is 1. The molecule has 0 bridgehead atoms. The van der Waals surface area contributed by atoms with Gasteiger partial charge in [-0.05, 0) is 32.4 Å². The van der Waals surface area contributed by atoms with E-state index in [9.17, 15) is 9.90 Å². The van der Waals surface area contributed by atoms with Crippen molar-refractivity contribution in [3.05, 3.63) is 17.7 Å². The number of methoxy groups -OCH3 is 3. The number of rotatable bonds is 8. The first-order valence-corrected chi connectivity index (χ1v) is 8.32. The summed E-state index contributed by atoms with van der Waals surface area (Å²) in [7, 11) is 4.61. The van der Waals surface area contributed by atoms with Crippen molar-refractivity contribution < 1.29 is 24.1 Å². The first-order chi connectivity index (χ1) is 11.6. The molecule has 2 rings (SSSR count). The first kappa shape index (κ1) is 21.5. The van der Waals surface area contributed by atoms with Gasteiger partial charge in [0, 0.05) is 25.1 Å². The van der Waals surface area contributed by atoms with Crippen molar-refractivity contribution in [1.82, 2.24) is 4.90 Å². The highest BCUT2D eigenvalue weighted by Crippen LogP contribution is 2.35. The summed E-state index contributed by atoms with van der Waals surface area (Å²) in [5.74, 6) is 1.50. The van der Waals surface area contributed by atoms with Crippen LogP contribution >= 0.6 is 12.4 Å². The van der Waals surface area contributed by atoms with Gasteiger partial charge in [-0.2, -0.15) is 0 Å². The van der Waals surface area contributed by atoms with Gasteiger partial charge in [-0.15, -0.1) is 12.4 Å². The van der Waals surface area contributed by atoms with Crippen molar-refractivity contribution in [3.8, 4) is 17.2 Å². The molecule has 0 aliphatic carbocycles. The molecule has 1 aromatic carbocycles. The Balaban J connectivity index is 0.00000312. The summed E-state index contributed by atoms with van der Waals surface area (Å²) in [6, 6.07) is 3.38. The number of hydrogen-bond acceptors (Lipinski definition) is 6. The predicted molar refractivity (Wildman–Crippen MR) is 98.6 cm³/mol. The summed E-state index contributed by atoms with van der Waals surface area (Å²) < 4.78 is 15.9. The molecule has 0 saturated carbocycles. The molecule has 142 valence electrons. The van der Waals surface area contributed by atoms with E-state index >= 15 is 0 Å². The number of Topliss-reactive ketones (excluding diaryl/α,β-unsaturated/α-hetero) is 1. The van der Waals surface area contributed by atoms with Crippen molar-refractivity contribution >= 4 is 18.2 Å². The minimum Gasteiger partial charge on any atom is -0.496 e. The van der Waals surface area contributed by atoms with Crippen LogP contribution in [-0.4, -0.2) is 62.9 Å². The number of nitrogens with zero attached hydrogens (tertiary/aromatic N) is 1. The maximum Gasteiger partial charge on any atom is 0.170 e. The Morgan fingerprint density at radius 2 is 1.84 bits per heavy atom. The Labute approximate surface area is 155 Å². The summed E-state index contributed by atoms with van der Waals surface area (Å²) in [6.07, 6.45) is 2.79. The number of ether oxygens (including phenoxy) is 3. The van der Waals surface area contributed by atoms with E-state index in [1.807, 2.05) is 0 Å². The van der Waals surface area contributed by atoms with Crippen molar-refractivity contribution in [3.63, 3.8) is 0 Å². The second kappa shape index (κ2) is 10.5. The molecule has 1 saturated heterocycles. The summed E-state index contributed by atoms with van der Waals surface area (Å²) in [6.45, 7) is 2.49. The molecule has 0 amide bonds. The molecule has 1 aliphatic rings. The molecule has 1 fully saturated rings. The van der Waals surface area contributed by atoms with Gasteiger partial charge in [0.15, 0.2) is 5.78 Å². The zero-order valence-corrected chi connectivity index (χ0v) is 15.9. The molecule has 0 aromatic heterocycles. The van der Waals surface area contributed by atoms with Crippen molar-refractivity contribution in [1.29, 1.82) is 0 Å². The van der Waals surface area contributed by atoms with E-state index in [0.29, 0.717) is 35.8 Å². The van der Waals surface area contributed by atoms with Crippen LogP contribution in [0.15, 0.2) is 12.1 Å². The predicted octanol–water partition coefficient (Wildman–Crippen LogP) is 2.55. The van der Waals surface area contributed by atoms with E-state index in [4.69, 9.17) is 14.2 Å². The SMILES string of the molecule is COc1cc(OC)c(C(=O)CCCN2CCCC(O)C2)c(OC)c1.Cl. The van der Waals surface area contributed by atoms with E-state index in [2.05, 4.69) is 4.90 Å². The normalized spacial score (nSPS) is 17.5. The molecule has 25 heavy (non-hydrogen) atoms. The lowest BCUT2D eigenvalue weighted by Gasteiger charge is -2.29. The number of likely N-dealkylation sites (tertiary alicyclic amines) is 1. The van der Waals surface area contributed by atoms with Gasteiger partial charge in [-0.25, -0.2) is 0 Å². The Hall–Kier alpha value is -1.50. The number of carbonyl (C=O) groups is 1. The third-order valence-corrected chi connectivity index (χ3v) is 4.35. The van der Waals surface area contributed by atoms with Crippen LogP contribution in [0.25, 0.3) is 0 Å². The fourth-order valence-corrected chi connectivity index (χ4v) is 3.10. The Morgan fingerprint density at radius 3 is 2.36 bits per heavy atom. The molecular weight excluding hydrogens is 346 g/mol. The van der Waals surface area contributed by atoms with Crippen LogP contribution in [0.3, 0.4) is 0 Å². The van der Waals surface area contributed by atoms with Crippen molar-refractivity contribution in [2.45, 2.75) is 31.8 Å². The van der Waals surface area contributed by atoms with Gasteiger partial charge in [-0.3, -0.25) is 4.79 Å². The van der Waals surface area contributed by atoms with E-state index in [1.54, 1.807) is 19.2 Å². The number of benzene rings is 1. The van der Waals surface area contributed by atoms with Gasteiger partial charge >= 0.3 is 0 Å². The van der Waals surface area contributed by atoms with Crippen LogP contribution in [-0.2, 0) is 0 Å². The van der Waals surface area contributed by atoms with E-state index in [-0.39, 0.29) is 24.3 Å².